The van der Waals surface area contributed by atoms with E-state index >= 15 is 0 Å². The summed E-state index contributed by atoms with van der Waals surface area (Å²) in [5, 5.41) is 2.59. The SMILES string of the molecule is CC(=O)Nc1cccc(NS(=O)(=O)N(C)CCCN)c1. The molecule has 0 fully saturated rings. The molecular weight excluding hydrogens is 280 g/mol. The number of nitrogens with two attached hydrogens (primary N) is 1. The Bertz CT molecular complexity index is 560. The second kappa shape index (κ2) is 7.22. The van der Waals surface area contributed by atoms with Gasteiger partial charge in [-0.25, -0.2) is 0 Å². The van der Waals surface area contributed by atoms with Gasteiger partial charge in [-0.15, -0.1) is 0 Å². The van der Waals surface area contributed by atoms with Crippen LogP contribution in [0.5, 0.6) is 0 Å². The molecule has 0 bridgehead atoms. The fourth-order valence-electron chi connectivity index (χ4n) is 1.52. The number of anilines is 2. The van der Waals surface area contributed by atoms with Crippen LogP contribution in [0.3, 0.4) is 0 Å². The van der Waals surface area contributed by atoms with Crippen LogP contribution in [0.4, 0.5) is 11.4 Å². The molecule has 1 aromatic rings. The quantitative estimate of drug-likeness (QED) is 0.685. The van der Waals surface area contributed by atoms with Gasteiger partial charge in [0.1, 0.15) is 0 Å². The molecule has 0 saturated carbocycles. The first-order valence-electron chi connectivity index (χ1n) is 6.17. The molecule has 0 atom stereocenters. The first kappa shape index (κ1) is 16.4. The van der Waals surface area contributed by atoms with E-state index in [0.717, 1.165) is 0 Å². The fraction of sp³-hybridized carbons (Fsp3) is 0.417. The topological polar surface area (TPSA) is 105 Å². The Morgan fingerprint density at radius 3 is 2.60 bits per heavy atom. The van der Waals surface area contributed by atoms with Crippen LogP contribution in [0.15, 0.2) is 24.3 Å². The molecule has 0 saturated heterocycles. The van der Waals surface area contributed by atoms with Gasteiger partial charge in [-0.3, -0.25) is 9.52 Å². The van der Waals surface area contributed by atoms with Crippen molar-refractivity contribution >= 4 is 27.5 Å². The van der Waals surface area contributed by atoms with Crippen molar-refractivity contribution in [1.82, 2.24) is 4.31 Å². The minimum Gasteiger partial charge on any atom is -0.330 e. The Kier molecular flexibility index (Phi) is 5.93. The molecule has 0 spiro atoms. The first-order valence-corrected chi connectivity index (χ1v) is 7.61. The third-order valence-electron chi connectivity index (χ3n) is 2.52. The average Bonchev–Trinajstić information content (AvgIpc) is 2.34. The summed E-state index contributed by atoms with van der Waals surface area (Å²) in [6.45, 7) is 2.16. The van der Waals surface area contributed by atoms with E-state index in [2.05, 4.69) is 10.0 Å². The van der Waals surface area contributed by atoms with Gasteiger partial charge < -0.3 is 11.1 Å². The lowest BCUT2D eigenvalue weighted by Crippen LogP contribution is -2.34. The number of benzene rings is 1. The Morgan fingerprint density at radius 1 is 1.35 bits per heavy atom. The minimum absolute atomic E-state index is 0.218. The van der Waals surface area contributed by atoms with Crippen LogP contribution in [-0.4, -0.2) is 38.8 Å². The summed E-state index contributed by atoms with van der Waals surface area (Å²) in [5.74, 6) is -0.218. The van der Waals surface area contributed by atoms with Crippen molar-refractivity contribution < 1.29 is 13.2 Å². The summed E-state index contributed by atoms with van der Waals surface area (Å²) in [6, 6.07) is 6.50. The Hall–Kier alpha value is -1.64. The minimum atomic E-state index is -3.62. The highest BCUT2D eigenvalue weighted by Crippen LogP contribution is 2.17. The van der Waals surface area contributed by atoms with Crippen molar-refractivity contribution in [1.29, 1.82) is 0 Å². The van der Waals surface area contributed by atoms with Crippen molar-refractivity contribution in [3.8, 4) is 0 Å². The number of hydrogen-bond acceptors (Lipinski definition) is 4. The molecule has 20 heavy (non-hydrogen) atoms. The summed E-state index contributed by atoms with van der Waals surface area (Å²) in [7, 11) is -2.13. The maximum absolute atomic E-state index is 12.0. The van der Waals surface area contributed by atoms with E-state index < -0.39 is 10.2 Å². The van der Waals surface area contributed by atoms with Crippen LogP contribution in [-0.2, 0) is 15.0 Å². The lowest BCUT2D eigenvalue weighted by Gasteiger charge is -2.18. The van der Waals surface area contributed by atoms with Crippen LogP contribution >= 0.6 is 0 Å². The van der Waals surface area contributed by atoms with E-state index in [-0.39, 0.29) is 5.91 Å². The predicted molar refractivity (Wildman–Crippen MR) is 79.6 cm³/mol. The van der Waals surface area contributed by atoms with Gasteiger partial charge in [0, 0.05) is 26.2 Å². The highest BCUT2D eigenvalue weighted by molar-refractivity contribution is 7.90. The van der Waals surface area contributed by atoms with Gasteiger partial charge in [-0.2, -0.15) is 12.7 Å². The molecule has 112 valence electrons. The standard InChI is InChI=1S/C12H20N4O3S/c1-10(17)14-11-5-3-6-12(9-11)15-20(18,19)16(2)8-4-7-13/h3,5-6,9,15H,4,7-8,13H2,1-2H3,(H,14,17). The van der Waals surface area contributed by atoms with E-state index in [0.29, 0.717) is 30.9 Å². The number of amides is 1. The van der Waals surface area contributed by atoms with Crippen molar-refractivity contribution in [3.63, 3.8) is 0 Å². The van der Waals surface area contributed by atoms with E-state index in [9.17, 15) is 13.2 Å². The van der Waals surface area contributed by atoms with Crippen LogP contribution in [0.25, 0.3) is 0 Å². The maximum Gasteiger partial charge on any atom is 0.301 e. The Balaban J connectivity index is 2.79. The van der Waals surface area contributed by atoms with E-state index in [1.807, 2.05) is 0 Å². The van der Waals surface area contributed by atoms with Crippen molar-refractivity contribution in [2.75, 3.05) is 30.2 Å². The zero-order valence-electron chi connectivity index (χ0n) is 11.6. The van der Waals surface area contributed by atoms with Gasteiger partial charge in [0.05, 0.1) is 5.69 Å². The summed E-state index contributed by atoms with van der Waals surface area (Å²) >= 11 is 0. The van der Waals surface area contributed by atoms with E-state index in [4.69, 9.17) is 5.73 Å². The summed E-state index contributed by atoms with van der Waals surface area (Å²) in [5.41, 5.74) is 6.27. The van der Waals surface area contributed by atoms with E-state index in [1.54, 1.807) is 24.3 Å². The van der Waals surface area contributed by atoms with Crippen molar-refractivity contribution in [3.05, 3.63) is 24.3 Å². The molecule has 7 nitrogen and oxygen atoms in total. The lowest BCUT2D eigenvalue weighted by atomic mass is 10.3. The number of hydrogen-bond donors (Lipinski definition) is 3. The fourth-order valence-corrected chi connectivity index (χ4v) is 2.47. The second-order valence-corrected chi connectivity index (χ2v) is 6.11. The third kappa shape index (κ3) is 5.16. The molecule has 1 amide bonds. The van der Waals surface area contributed by atoms with E-state index in [1.165, 1.54) is 18.3 Å². The molecule has 0 unspecified atom stereocenters. The van der Waals surface area contributed by atoms with Gasteiger partial charge >= 0.3 is 10.2 Å². The normalized spacial score (nSPS) is 11.4. The van der Waals surface area contributed by atoms with Crippen molar-refractivity contribution in [2.24, 2.45) is 5.73 Å². The molecule has 0 aromatic heterocycles. The maximum atomic E-state index is 12.0. The average molecular weight is 300 g/mol. The first-order chi connectivity index (χ1) is 9.35. The smallest absolute Gasteiger partial charge is 0.301 e. The van der Waals surface area contributed by atoms with Gasteiger partial charge in [0.15, 0.2) is 0 Å². The number of nitrogens with one attached hydrogen (secondary N) is 2. The van der Waals surface area contributed by atoms with Crippen LogP contribution < -0.4 is 15.8 Å². The zero-order valence-corrected chi connectivity index (χ0v) is 12.4. The van der Waals surface area contributed by atoms with Crippen molar-refractivity contribution in [2.45, 2.75) is 13.3 Å². The molecule has 0 aliphatic carbocycles. The molecular formula is C12H20N4O3S. The monoisotopic (exact) mass is 300 g/mol. The predicted octanol–water partition coefficient (Wildman–Crippen LogP) is 0.582. The number of carbonyl (C=O) groups excluding carboxylic acids is 1. The van der Waals surface area contributed by atoms with Gasteiger partial charge in [0.25, 0.3) is 0 Å². The zero-order chi connectivity index (χ0) is 15.2. The molecule has 1 rings (SSSR count). The van der Waals surface area contributed by atoms with Gasteiger partial charge in [0.2, 0.25) is 5.91 Å². The summed E-state index contributed by atoms with van der Waals surface area (Å²) in [6.07, 6.45) is 0.587. The molecule has 8 heteroatoms. The molecule has 0 heterocycles. The third-order valence-corrected chi connectivity index (χ3v) is 4.01. The van der Waals surface area contributed by atoms with Gasteiger partial charge in [-0.05, 0) is 31.2 Å². The number of carbonyl (C=O) groups is 1. The Labute approximate surface area is 119 Å². The summed E-state index contributed by atoms with van der Waals surface area (Å²) in [4.78, 5) is 11.0. The van der Waals surface area contributed by atoms with Crippen LogP contribution in [0, 0.1) is 0 Å². The highest BCUT2D eigenvalue weighted by atomic mass is 32.2. The Morgan fingerprint density at radius 2 is 2.00 bits per heavy atom. The van der Waals surface area contributed by atoms with Gasteiger partial charge in [-0.1, -0.05) is 6.07 Å². The number of nitrogens with zero attached hydrogens (tertiary/aromatic N) is 1. The largest absolute Gasteiger partial charge is 0.330 e. The van der Waals surface area contributed by atoms with Crippen LogP contribution in [0.1, 0.15) is 13.3 Å². The highest BCUT2D eigenvalue weighted by Gasteiger charge is 2.16. The molecule has 1 aromatic carbocycles. The lowest BCUT2D eigenvalue weighted by molar-refractivity contribution is -0.114. The second-order valence-electron chi connectivity index (χ2n) is 4.33. The molecule has 0 radical (unpaired) electrons. The van der Waals surface area contributed by atoms with Crippen LogP contribution in [0.2, 0.25) is 0 Å². The summed E-state index contributed by atoms with van der Waals surface area (Å²) < 4.78 is 27.7. The molecule has 4 N–H and O–H groups in total. The molecule has 0 aliphatic heterocycles. The number of rotatable bonds is 7. The molecule has 0 aliphatic rings.